The fourth-order valence-corrected chi connectivity index (χ4v) is 2.24. The van der Waals surface area contributed by atoms with Gasteiger partial charge in [-0.25, -0.2) is 8.78 Å². The van der Waals surface area contributed by atoms with E-state index in [1.54, 1.807) is 13.1 Å². The molecule has 0 amide bonds. The van der Waals surface area contributed by atoms with Gasteiger partial charge >= 0.3 is 0 Å². The van der Waals surface area contributed by atoms with Crippen molar-refractivity contribution >= 4 is 15.9 Å². The molecular formula is C13H12BrF2NO. The van der Waals surface area contributed by atoms with Crippen LogP contribution in [-0.4, -0.2) is 7.05 Å². The molecule has 0 radical (unpaired) electrons. The molecule has 1 aromatic carbocycles. The molecule has 1 aromatic heterocycles. The first-order valence-electron chi connectivity index (χ1n) is 5.41. The number of hydrogen-bond acceptors (Lipinski definition) is 2. The van der Waals surface area contributed by atoms with E-state index in [1.165, 1.54) is 18.4 Å². The molecule has 5 heteroatoms. The molecule has 0 aliphatic heterocycles. The molecule has 1 N–H and O–H groups in total. The number of hydrogen-bond donors (Lipinski definition) is 1. The Hall–Kier alpha value is -1.20. The highest BCUT2D eigenvalue weighted by Crippen LogP contribution is 2.32. The number of nitrogens with one attached hydrogen (secondary N) is 1. The maximum atomic E-state index is 14.1. The van der Waals surface area contributed by atoms with E-state index in [2.05, 4.69) is 21.2 Å². The highest BCUT2D eigenvalue weighted by molar-refractivity contribution is 9.10. The van der Waals surface area contributed by atoms with Crippen LogP contribution in [0.3, 0.4) is 0 Å². The van der Waals surface area contributed by atoms with Gasteiger partial charge in [0.05, 0.1) is 16.8 Å². The van der Waals surface area contributed by atoms with Crippen molar-refractivity contribution in [1.29, 1.82) is 0 Å². The Kier molecular flexibility index (Phi) is 3.82. The van der Waals surface area contributed by atoms with Gasteiger partial charge in [0, 0.05) is 5.56 Å². The van der Waals surface area contributed by atoms with Crippen molar-refractivity contribution in [3.63, 3.8) is 0 Å². The Morgan fingerprint density at radius 3 is 2.56 bits per heavy atom. The molecule has 1 atom stereocenters. The van der Waals surface area contributed by atoms with Crippen molar-refractivity contribution in [2.45, 2.75) is 13.0 Å². The minimum Gasteiger partial charge on any atom is -0.467 e. The predicted molar refractivity (Wildman–Crippen MR) is 68.4 cm³/mol. The van der Waals surface area contributed by atoms with Crippen molar-refractivity contribution in [1.82, 2.24) is 5.32 Å². The van der Waals surface area contributed by atoms with E-state index in [0.717, 1.165) is 5.56 Å². The van der Waals surface area contributed by atoms with Crippen LogP contribution in [0.15, 0.2) is 33.4 Å². The summed E-state index contributed by atoms with van der Waals surface area (Å²) in [7, 11) is 1.63. The Morgan fingerprint density at radius 2 is 2.00 bits per heavy atom. The van der Waals surface area contributed by atoms with E-state index in [4.69, 9.17) is 4.42 Å². The van der Waals surface area contributed by atoms with Crippen molar-refractivity contribution in [3.05, 3.63) is 57.5 Å². The molecule has 2 rings (SSSR count). The molecule has 18 heavy (non-hydrogen) atoms. The third kappa shape index (κ3) is 2.20. The summed E-state index contributed by atoms with van der Waals surface area (Å²) in [4.78, 5) is 0. The second-order valence-corrected chi connectivity index (χ2v) is 4.80. The van der Waals surface area contributed by atoms with Gasteiger partial charge in [-0.15, -0.1) is 0 Å². The molecule has 0 aliphatic rings. The summed E-state index contributed by atoms with van der Waals surface area (Å²) < 4.78 is 33.4. The molecule has 0 saturated carbocycles. The summed E-state index contributed by atoms with van der Waals surface area (Å²) in [5.41, 5.74) is 0.790. The normalized spacial score (nSPS) is 12.7. The zero-order chi connectivity index (χ0) is 13.3. The number of aryl methyl sites for hydroxylation is 1. The van der Waals surface area contributed by atoms with Crippen LogP contribution in [0.25, 0.3) is 0 Å². The molecule has 1 heterocycles. The minimum absolute atomic E-state index is 0.0510. The monoisotopic (exact) mass is 315 g/mol. The lowest BCUT2D eigenvalue weighted by atomic mass is 10.0. The summed E-state index contributed by atoms with van der Waals surface area (Å²) in [6, 6.07) is 3.67. The van der Waals surface area contributed by atoms with Crippen molar-refractivity contribution in [3.8, 4) is 0 Å². The van der Waals surface area contributed by atoms with Crippen molar-refractivity contribution in [2.24, 2.45) is 0 Å². The van der Waals surface area contributed by atoms with E-state index >= 15 is 0 Å². The number of benzene rings is 1. The number of halogens is 3. The lowest BCUT2D eigenvalue weighted by Crippen LogP contribution is -2.21. The smallest absolute Gasteiger partial charge is 0.145 e. The molecule has 0 fully saturated rings. The first-order valence-corrected chi connectivity index (χ1v) is 6.20. The van der Waals surface area contributed by atoms with Gasteiger partial charge in [0.1, 0.15) is 17.4 Å². The third-order valence-corrected chi connectivity index (χ3v) is 3.43. The number of furan rings is 1. The van der Waals surface area contributed by atoms with Crippen LogP contribution in [-0.2, 0) is 0 Å². The Morgan fingerprint density at radius 1 is 1.28 bits per heavy atom. The van der Waals surface area contributed by atoms with Crippen LogP contribution >= 0.6 is 15.9 Å². The van der Waals surface area contributed by atoms with Crippen molar-refractivity contribution < 1.29 is 13.2 Å². The van der Waals surface area contributed by atoms with E-state index in [-0.39, 0.29) is 10.0 Å². The average Bonchev–Trinajstić information content (AvgIpc) is 2.76. The van der Waals surface area contributed by atoms with Gasteiger partial charge in [-0.1, -0.05) is 0 Å². The zero-order valence-corrected chi connectivity index (χ0v) is 11.5. The molecule has 0 saturated heterocycles. The second kappa shape index (κ2) is 5.20. The quantitative estimate of drug-likeness (QED) is 0.868. The Labute approximate surface area is 112 Å². The summed E-state index contributed by atoms with van der Waals surface area (Å²) >= 11 is 3.06. The van der Waals surface area contributed by atoms with Crippen LogP contribution in [0.1, 0.15) is 22.9 Å². The molecule has 2 nitrogen and oxygen atoms in total. The second-order valence-electron chi connectivity index (χ2n) is 3.95. The van der Waals surface area contributed by atoms with Gasteiger partial charge in [0.15, 0.2) is 0 Å². The lowest BCUT2D eigenvalue weighted by Gasteiger charge is -2.17. The summed E-state index contributed by atoms with van der Waals surface area (Å²) in [6.07, 6.45) is 1.50. The summed E-state index contributed by atoms with van der Waals surface area (Å²) in [5.74, 6) is -0.718. The van der Waals surface area contributed by atoms with E-state index in [1.807, 2.05) is 6.92 Å². The Balaban J connectivity index is 2.59. The Bertz CT molecular complexity index is 568. The molecule has 0 aliphatic carbocycles. The van der Waals surface area contributed by atoms with Crippen LogP contribution in [0.2, 0.25) is 0 Å². The van der Waals surface area contributed by atoms with E-state index < -0.39 is 17.7 Å². The van der Waals surface area contributed by atoms with Crippen LogP contribution in [0.4, 0.5) is 8.78 Å². The first-order chi connectivity index (χ1) is 8.56. The SMILES string of the molecule is CNC(c1occc1C)c1c(F)ccc(Br)c1F. The van der Waals surface area contributed by atoms with Gasteiger partial charge in [-0.05, 0) is 53.7 Å². The van der Waals surface area contributed by atoms with Gasteiger partial charge in [-0.2, -0.15) is 0 Å². The maximum Gasteiger partial charge on any atom is 0.145 e. The minimum atomic E-state index is -0.655. The van der Waals surface area contributed by atoms with E-state index in [9.17, 15) is 8.78 Å². The van der Waals surface area contributed by atoms with Crippen LogP contribution in [0.5, 0.6) is 0 Å². The van der Waals surface area contributed by atoms with Crippen LogP contribution in [0, 0.1) is 18.6 Å². The van der Waals surface area contributed by atoms with E-state index in [0.29, 0.717) is 5.76 Å². The molecule has 1 unspecified atom stereocenters. The maximum absolute atomic E-state index is 14.1. The zero-order valence-electron chi connectivity index (χ0n) is 9.93. The highest BCUT2D eigenvalue weighted by atomic mass is 79.9. The van der Waals surface area contributed by atoms with Gasteiger partial charge in [-0.3, -0.25) is 0 Å². The fraction of sp³-hybridized carbons (Fsp3) is 0.231. The largest absolute Gasteiger partial charge is 0.467 e. The summed E-state index contributed by atoms with van der Waals surface area (Å²) in [5, 5.41) is 2.88. The van der Waals surface area contributed by atoms with Crippen molar-refractivity contribution in [2.75, 3.05) is 7.05 Å². The fourth-order valence-electron chi connectivity index (χ4n) is 1.89. The van der Waals surface area contributed by atoms with Gasteiger partial charge in [0.25, 0.3) is 0 Å². The topological polar surface area (TPSA) is 25.2 Å². The third-order valence-electron chi connectivity index (χ3n) is 2.82. The first kappa shape index (κ1) is 13.2. The summed E-state index contributed by atoms with van der Waals surface area (Å²) in [6.45, 7) is 1.83. The average molecular weight is 316 g/mol. The van der Waals surface area contributed by atoms with Gasteiger partial charge in [0.2, 0.25) is 0 Å². The van der Waals surface area contributed by atoms with Gasteiger partial charge < -0.3 is 9.73 Å². The molecular weight excluding hydrogens is 304 g/mol. The molecule has 96 valence electrons. The molecule has 2 aromatic rings. The predicted octanol–water partition coefficient (Wildman–Crippen LogP) is 3.94. The molecule has 0 bridgehead atoms. The standard InChI is InChI=1S/C13H12BrF2NO/c1-7-5-6-18-13(7)12(17-2)10-9(15)4-3-8(14)11(10)16/h3-6,12,17H,1-2H3. The van der Waals surface area contributed by atoms with Crippen LogP contribution < -0.4 is 5.32 Å². The number of rotatable bonds is 3. The highest BCUT2D eigenvalue weighted by Gasteiger charge is 2.25. The lowest BCUT2D eigenvalue weighted by molar-refractivity contribution is 0.435. The molecule has 0 spiro atoms.